The van der Waals surface area contributed by atoms with E-state index in [0.717, 1.165) is 12.5 Å². The van der Waals surface area contributed by atoms with Gasteiger partial charge in [0.2, 0.25) is 0 Å². The maximum absolute atomic E-state index is 3.82. The van der Waals surface area contributed by atoms with Crippen LogP contribution >= 0.6 is 0 Å². The molecule has 2 fully saturated rings. The summed E-state index contributed by atoms with van der Waals surface area (Å²) in [6, 6.07) is 0.715. The van der Waals surface area contributed by atoms with Gasteiger partial charge in [0.25, 0.3) is 0 Å². The van der Waals surface area contributed by atoms with Crippen LogP contribution in [0.4, 0.5) is 0 Å². The molecular formula is C15H30N2. The first-order chi connectivity index (χ1) is 8.18. The van der Waals surface area contributed by atoms with Gasteiger partial charge < -0.3 is 10.6 Å². The summed E-state index contributed by atoms with van der Waals surface area (Å²) >= 11 is 0. The topological polar surface area (TPSA) is 24.1 Å². The molecule has 2 rings (SSSR count). The first kappa shape index (κ1) is 13.4. The minimum absolute atomic E-state index is 0.421. The van der Waals surface area contributed by atoms with Crippen LogP contribution in [0.5, 0.6) is 0 Å². The first-order valence-corrected chi connectivity index (χ1v) is 7.62. The molecule has 2 heteroatoms. The van der Waals surface area contributed by atoms with Crippen LogP contribution in [0.2, 0.25) is 0 Å². The largest absolute Gasteiger partial charge is 0.316 e. The number of piperidine rings is 1. The lowest BCUT2D eigenvalue weighted by molar-refractivity contribution is 0.181. The van der Waals surface area contributed by atoms with E-state index in [-0.39, 0.29) is 0 Å². The summed E-state index contributed by atoms with van der Waals surface area (Å²) < 4.78 is 0. The predicted molar refractivity (Wildman–Crippen MR) is 74.3 cm³/mol. The summed E-state index contributed by atoms with van der Waals surface area (Å²) in [5.74, 6) is 1.01. The van der Waals surface area contributed by atoms with Gasteiger partial charge in [-0.1, -0.05) is 46.0 Å². The monoisotopic (exact) mass is 238 g/mol. The van der Waals surface area contributed by atoms with Gasteiger partial charge in [0.15, 0.2) is 0 Å². The van der Waals surface area contributed by atoms with Crippen molar-refractivity contribution in [1.29, 1.82) is 0 Å². The second kappa shape index (κ2) is 6.19. The lowest BCUT2D eigenvalue weighted by Gasteiger charge is -2.40. The molecule has 1 saturated carbocycles. The van der Waals surface area contributed by atoms with Crippen molar-refractivity contribution in [1.82, 2.24) is 10.6 Å². The third kappa shape index (κ3) is 3.96. The normalized spacial score (nSPS) is 30.4. The number of hydrogen-bond donors (Lipinski definition) is 2. The molecule has 2 aliphatic rings. The van der Waals surface area contributed by atoms with Crippen molar-refractivity contribution in [2.75, 3.05) is 19.6 Å². The first-order valence-electron chi connectivity index (χ1n) is 7.62. The van der Waals surface area contributed by atoms with Gasteiger partial charge in [0.05, 0.1) is 0 Å². The van der Waals surface area contributed by atoms with Crippen molar-refractivity contribution < 1.29 is 0 Å². The minimum Gasteiger partial charge on any atom is -0.316 e. The van der Waals surface area contributed by atoms with Crippen LogP contribution in [0, 0.1) is 11.3 Å². The third-order valence-corrected chi connectivity index (χ3v) is 4.80. The maximum Gasteiger partial charge on any atom is 0.0142 e. The molecule has 0 aromatic rings. The Labute approximate surface area is 107 Å². The second-order valence-electron chi connectivity index (χ2n) is 6.75. The average Bonchev–Trinajstić information content (AvgIpc) is 2.32. The Hall–Kier alpha value is -0.0800. The summed E-state index contributed by atoms with van der Waals surface area (Å²) in [5.41, 5.74) is 0.421. The van der Waals surface area contributed by atoms with Crippen LogP contribution in [-0.4, -0.2) is 25.7 Å². The molecule has 1 atom stereocenters. The Kier molecular flexibility index (Phi) is 4.87. The van der Waals surface area contributed by atoms with Gasteiger partial charge in [-0.25, -0.2) is 0 Å². The molecule has 1 unspecified atom stereocenters. The van der Waals surface area contributed by atoms with Gasteiger partial charge in [0.1, 0.15) is 0 Å². The highest BCUT2D eigenvalue weighted by Crippen LogP contribution is 2.27. The third-order valence-electron chi connectivity index (χ3n) is 4.80. The Morgan fingerprint density at radius 1 is 1.12 bits per heavy atom. The Morgan fingerprint density at radius 3 is 2.59 bits per heavy atom. The molecule has 0 aromatic heterocycles. The van der Waals surface area contributed by atoms with Crippen LogP contribution in [0.25, 0.3) is 0 Å². The molecular weight excluding hydrogens is 208 g/mol. The highest BCUT2D eigenvalue weighted by atomic mass is 15.0. The Balaban J connectivity index is 1.66. The Bertz CT molecular complexity index is 219. The smallest absolute Gasteiger partial charge is 0.0142 e. The fraction of sp³-hybridized carbons (Fsp3) is 1.00. The van der Waals surface area contributed by atoms with Gasteiger partial charge >= 0.3 is 0 Å². The molecule has 2 N–H and O–H groups in total. The van der Waals surface area contributed by atoms with E-state index >= 15 is 0 Å². The molecule has 2 nitrogen and oxygen atoms in total. The van der Waals surface area contributed by atoms with Gasteiger partial charge in [-0.3, -0.25) is 0 Å². The molecule has 1 heterocycles. The minimum atomic E-state index is 0.421. The molecule has 100 valence electrons. The van der Waals surface area contributed by atoms with Crippen molar-refractivity contribution in [2.45, 2.75) is 64.8 Å². The number of rotatable bonds is 4. The SMILES string of the molecule is CC1(C)CNCCC1NCCC1CCCCC1. The fourth-order valence-electron chi connectivity index (χ4n) is 3.49. The fourth-order valence-corrected chi connectivity index (χ4v) is 3.49. The predicted octanol–water partition coefficient (Wildman–Crippen LogP) is 2.93. The molecule has 0 bridgehead atoms. The van der Waals surface area contributed by atoms with Crippen LogP contribution in [0.15, 0.2) is 0 Å². The lowest BCUT2D eigenvalue weighted by Crippen LogP contribution is -2.53. The van der Waals surface area contributed by atoms with E-state index in [2.05, 4.69) is 24.5 Å². The van der Waals surface area contributed by atoms with Gasteiger partial charge in [-0.05, 0) is 37.3 Å². The standard InChI is InChI=1S/C15H30N2/c1-15(2)12-16-10-9-14(15)17-11-8-13-6-4-3-5-7-13/h13-14,16-17H,3-12H2,1-2H3. The van der Waals surface area contributed by atoms with Crippen molar-refractivity contribution in [3.05, 3.63) is 0 Å². The summed E-state index contributed by atoms with van der Waals surface area (Å²) in [7, 11) is 0. The average molecular weight is 238 g/mol. The molecule has 0 spiro atoms. The second-order valence-corrected chi connectivity index (χ2v) is 6.75. The zero-order valence-electron chi connectivity index (χ0n) is 11.7. The summed E-state index contributed by atoms with van der Waals surface area (Å²) in [4.78, 5) is 0. The van der Waals surface area contributed by atoms with E-state index in [1.54, 1.807) is 0 Å². The lowest BCUT2D eigenvalue weighted by atomic mass is 9.79. The zero-order valence-corrected chi connectivity index (χ0v) is 11.7. The maximum atomic E-state index is 3.82. The van der Waals surface area contributed by atoms with E-state index in [1.807, 2.05) is 0 Å². The molecule has 1 aliphatic carbocycles. The van der Waals surface area contributed by atoms with Crippen molar-refractivity contribution in [3.8, 4) is 0 Å². The van der Waals surface area contributed by atoms with Crippen molar-refractivity contribution >= 4 is 0 Å². The number of nitrogens with one attached hydrogen (secondary N) is 2. The molecule has 17 heavy (non-hydrogen) atoms. The van der Waals surface area contributed by atoms with Crippen LogP contribution in [-0.2, 0) is 0 Å². The van der Waals surface area contributed by atoms with E-state index in [1.165, 1.54) is 58.0 Å². The molecule has 0 aromatic carbocycles. The van der Waals surface area contributed by atoms with E-state index < -0.39 is 0 Å². The molecule has 0 amide bonds. The zero-order chi connectivity index (χ0) is 12.1. The summed E-state index contributed by atoms with van der Waals surface area (Å²) in [5, 5.41) is 7.32. The van der Waals surface area contributed by atoms with Crippen molar-refractivity contribution in [3.63, 3.8) is 0 Å². The van der Waals surface area contributed by atoms with Crippen LogP contribution in [0.3, 0.4) is 0 Å². The van der Waals surface area contributed by atoms with E-state index in [4.69, 9.17) is 0 Å². The molecule has 1 aliphatic heterocycles. The summed E-state index contributed by atoms with van der Waals surface area (Å²) in [6.45, 7) is 8.35. The Morgan fingerprint density at radius 2 is 1.88 bits per heavy atom. The highest BCUT2D eigenvalue weighted by molar-refractivity contribution is 4.90. The van der Waals surface area contributed by atoms with Gasteiger partial charge in [-0.15, -0.1) is 0 Å². The van der Waals surface area contributed by atoms with Gasteiger partial charge in [0, 0.05) is 12.6 Å². The van der Waals surface area contributed by atoms with E-state index in [0.29, 0.717) is 11.5 Å². The van der Waals surface area contributed by atoms with Crippen LogP contribution < -0.4 is 10.6 Å². The molecule has 0 radical (unpaired) electrons. The van der Waals surface area contributed by atoms with E-state index in [9.17, 15) is 0 Å². The quantitative estimate of drug-likeness (QED) is 0.787. The van der Waals surface area contributed by atoms with Crippen LogP contribution in [0.1, 0.15) is 58.8 Å². The number of hydrogen-bond acceptors (Lipinski definition) is 2. The summed E-state index contributed by atoms with van der Waals surface area (Å²) in [6.07, 6.45) is 10.1. The molecule has 1 saturated heterocycles. The van der Waals surface area contributed by atoms with Crippen molar-refractivity contribution in [2.24, 2.45) is 11.3 Å². The van der Waals surface area contributed by atoms with Gasteiger partial charge in [-0.2, -0.15) is 0 Å². The highest BCUT2D eigenvalue weighted by Gasteiger charge is 2.31.